The lowest BCUT2D eigenvalue weighted by Gasteiger charge is -2.39. The molecule has 15 heteroatoms. The first-order valence-electron chi connectivity index (χ1n) is 27.1. The Morgan fingerprint density at radius 2 is 1.28 bits per heavy atom. The summed E-state index contributed by atoms with van der Waals surface area (Å²) in [5.74, 6) is 1.37. The number of methoxy groups -OCH3 is 2. The summed E-state index contributed by atoms with van der Waals surface area (Å²) in [5, 5.41) is 9.57. The van der Waals surface area contributed by atoms with E-state index in [1.54, 1.807) is 14.2 Å². The Bertz CT molecular complexity index is 2280. The molecule has 1 aliphatic heterocycles. The van der Waals surface area contributed by atoms with Crippen molar-refractivity contribution in [3.8, 4) is 17.6 Å². The van der Waals surface area contributed by atoms with E-state index in [-0.39, 0.29) is 38.3 Å². The van der Waals surface area contributed by atoms with Gasteiger partial charge in [0.2, 0.25) is 0 Å². The van der Waals surface area contributed by atoms with Crippen LogP contribution < -0.4 is 20.7 Å². The molecule has 406 valence electrons. The number of hydrogen-bond donors (Lipinski definition) is 1. The molecule has 2 heterocycles. The number of unbranched alkanes of at least 4 members (excludes halogenated alkanes) is 12. The monoisotopic (exact) mass is 1040 g/mol. The minimum absolute atomic E-state index is 0.0110. The van der Waals surface area contributed by atoms with Crippen LogP contribution in [-0.2, 0) is 33.6 Å². The van der Waals surface area contributed by atoms with Crippen molar-refractivity contribution in [3.05, 3.63) is 141 Å². The van der Waals surface area contributed by atoms with Gasteiger partial charge in [-0.05, 0) is 101 Å². The Labute approximate surface area is 442 Å². The van der Waals surface area contributed by atoms with Crippen molar-refractivity contribution in [1.29, 1.82) is 5.26 Å². The van der Waals surface area contributed by atoms with Crippen LogP contribution in [0.5, 0.6) is 11.5 Å². The zero-order valence-corrected chi connectivity index (χ0v) is 46.2. The van der Waals surface area contributed by atoms with E-state index < -0.39 is 49.9 Å². The van der Waals surface area contributed by atoms with Gasteiger partial charge in [0.05, 0.1) is 53.1 Å². The average Bonchev–Trinajstić information content (AvgIpc) is 3.74. The third-order valence-electron chi connectivity index (χ3n) is 13.3. The molecule has 14 nitrogen and oxygen atoms in total. The Morgan fingerprint density at radius 1 is 0.716 bits per heavy atom. The van der Waals surface area contributed by atoms with Gasteiger partial charge in [-0.2, -0.15) is 5.26 Å². The van der Waals surface area contributed by atoms with Crippen LogP contribution in [0.15, 0.2) is 113 Å². The van der Waals surface area contributed by atoms with Crippen molar-refractivity contribution >= 4 is 8.53 Å². The van der Waals surface area contributed by atoms with Gasteiger partial charge in [0.25, 0.3) is 14.1 Å². The third kappa shape index (κ3) is 18.3. The van der Waals surface area contributed by atoms with E-state index in [9.17, 15) is 14.9 Å². The number of H-pyrrole nitrogens is 1. The van der Waals surface area contributed by atoms with Gasteiger partial charge in [0.1, 0.15) is 35.4 Å². The molecule has 5 atom stereocenters. The average molecular weight is 1040 g/mol. The SMILES string of the molecule is CCCCCCCC/C=C\CCCCCCCCOCCOC1C(OP(OCCC#N)N(C(C)C)C(C)C)[C@@H](COC(c2ccccc2)(c2ccc(OC)cc2)c2ccc(OC)cc2)O[C@H]1n1ccc(=O)[nH]c1=O. The number of allylic oxidation sites excluding steroid dienone is 2. The van der Waals surface area contributed by atoms with E-state index in [1.807, 2.05) is 78.9 Å². The third-order valence-corrected chi connectivity index (χ3v) is 15.4. The second-order valence-corrected chi connectivity index (χ2v) is 20.8. The molecule has 74 heavy (non-hydrogen) atoms. The molecule has 1 N–H and O–H groups in total. The fourth-order valence-corrected chi connectivity index (χ4v) is 11.2. The van der Waals surface area contributed by atoms with Crippen LogP contribution in [0.25, 0.3) is 0 Å². The molecular weight excluding hydrogens is 956 g/mol. The number of hydrogen-bond acceptors (Lipinski definition) is 12. The Balaban J connectivity index is 1.38. The first kappa shape index (κ1) is 60.2. The van der Waals surface area contributed by atoms with E-state index in [0.29, 0.717) is 24.7 Å². The molecule has 1 aliphatic rings. The molecule has 1 fully saturated rings. The van der Waals surface area contributed by atoms with Crippen LogP contribution in [0.4, 0.5) is 0 Å². The zero-order chi connectivity index (χ0) is 53.0. The van der Waals surface area contributed by atoms with Crippen molar-refractivity contribution in [3.63, 3.8) is 0 Å². The second-order valence-electron chi connectivity index (χ2n) is 19.4. The molecule has 4 aromatic rings. The van der Waals surface area contributed by atoms with Gasteiger partial charge in [-0.15, -0.1) is 0 Å². The predicted molar refractivity (Wildman–Crippen MR) is 294 cm³/mol. The van der Waals surface area contributed by atoms with Gasteiger partial charge >= 0.3 is 5.69 Å². The highest BCUT2D eigenvalue weighted by atomic mass is 31.2. The normalized spacial score (nSPS) is 17.4. The quantitative estimate of drug-likeness (QED) is 0.0198. The molecule has 0 aliphatic carbocycles. The first-order chi connectivity index (χ1) is 36.1. The molecule has 0 spiro atoms. The Hall–Kier alpha value is -4.68. The van der Waals surface area contributed by atoms with Gasteiger partial charge in [0.15, 0.2) is 6.23 Å². The molecule has 0 radical (unpaired) electrons. The van der Waals surface area contributed by atoms with Gasteiger partial charge in [-0.3, -0.25) is 14.3 Å². The molecule has 1 aromatic heterocycles. The molecule has 0 bridgehead atoms. The lowest BCUT2D eigenvalue weighted by molar-refractivity contribution is -0.0997. The highest BCUT2D eigenvalue weighted by Crippen LogP contribution is 2.51. The summed E-state index contributed by atoms with van der Waals surface area (Å²) < 4.78 is 55.6. The van der Waals surface area contributed by atoms with Crippen LogP contribution in [0.2, 0.25) is 0 Å². The topological polar surface area (TPSA) is 156 Å². The lowest BCUT2D eigenvalue weighted by Crippen LogP contribution is -2.44. The van der Waals surface area contributed by atoms with E-state index in [4.69, 9.17) is 37.5 Å². The molecule has 5 rings (SSSR count). The minimum atomic E-state index is -1.84. The van der Waals surface area contributed by atoms with Crippen molar-refractivity contribution in [2.75, 3.05) is 47.3 Å². The summed E-state index contributed by atoms with van der Waals surface area (Å²) >= 11 is 0. The summed E-state index contributed by atoms with van der Waals surface area (Å²) in [5.41, 5.74) is 0.0565. The lowest BCUT2D eigenvalue weighted by atomic mass is 9.80. The molecule has 3 aromatic carbocycles. The molecule has 0 saturated carbocycles. The van der Waals surface area contributed by atoms with Crippen molar-refractivity contribution in [2.24, 2.45) is 0 Å². The summed E-state index contributed by atoms with van der Waals surface area (Å²) in [6, 6.07) is 28.9. The maximum atomic E-state index is 13.7. The minimum Gasteiger partial charge on any atom is -0.497 e. The molecule has 1 saturated heterocycles. The van der Waals surface area contributed by atoms with E-state index in [1.165, 1.54) is 87.5 Å². The maximum Gasteiger partial charge on any atom is 0.330 e. The number of ether oxygens (including phenoxy) is 6. The summed E-state index contributed by atoms with van der Waals surface area (Å²) in [6.45, 7) is 11.7. The number of nitrogens with one attached hydrogen (secondary N) is 1. The fourth-order valence-electron chi connectivity index (χ4n) is 9.48. The van der Waals surface area contributed by atoms with Crippen LogP contribution in [-0.4, -0.2) is 91.9 Å². The smallest absolute Gasteiger partial charge is 0.330 e. The number of rotatable bonds is 37. The zero-order valence-electron chi connectivity index (χ0n) is 45.3. The van der Waals surface area contributed by atoms with Gasteiger partial charge < -0.3 is 37.5 Å². The van der Waals surface area contributed by atoms with Crippen molar-refractivity contribution in [1.82, 2.24) is 14.2 Å². The Kier molecular flexibility index (Phi) is 27.1. The highest BCUT2D eigenvalue weighted by molar-refractivity contribution is 7.44. The number of benzene rings is 3. The number of nitriles is 1. The van der Waals surface area contributed by atoms with Crippen LogP contribution in [0, 0.1) is 11.3 Å². The summed E-state index contributed by atoms with van der Waals surface area (Å²) in [7, 11) is 1.42. The largest absolute Gasteiger partial charge is 0.497 e. The maximum absolute atomic E-state index is 13.7. The van der Waals surface area contributed by atoms with Crippen LogP contribution >= 0.6 is 8.53 Å². The Morgan fingerprint density at radius 3 is 1.84 bits per heavy atom. The van der Waals surface area contributed by atoms with E-state index >= 15 is 0 Å². The van der Waals surface area contributed by atoms with Gasteiger partial charge in [0, 0.05) is 31.0 Å². The van der Waals surface area contributed by atoms with Crippen LogP contribution in [0.1, 0.15) is 154 Å². The van der Waals surface area contributed by atoms with Gasteiger partial charge in [-0.25, -0.2) is 9.46 Å². The molecule has 3 unspecified atom stereocenters. The van der Waals surface area contributed by atoms with Gasteiger partial charge in [-0.1, -0.05) is 131 Å². The van der Waals surface area contributed by atoms with Crippen molar-refractivity contribution < 1.29 is 37.5 Å². The standard InChI is InChI=1S/C59H85N4O10P/c1-8-9-10-11-12-13-14-15-16-17-18-19-20-21-22-26-41-68-43-44-69-56-55(73-74(71-42-27-39-60)63(46(2)3)47(4)5)53(72-57(56)62-40-38-54(64)61-58(62)65)45-70-59(48-28-24-23-25-29-48,49-30-34-51(66-6)35-31-49)50-32-36-52(67-7)37-33-50/h15-16,23-25,28-38,40,46-47,53,55-57H,8-14,17-22,26-27,41-45H2,1-7H3,(H,61,64,65)/b16-15-/t53-,55?,56?,57-,74?/m1/s1. The second kappa shape index (κ2) is 33.4. The molecule has 0 amide bonds. The van der Waals surface area contributed by atoms with Crippen molar-refractivity contribution in [2.45, 2.75) is 173 Å². The highest BCUT2D eigenvalue weighted by Gasteiger charge is 2.51. The summed E-state index contributed by atoms with van der Waals surface area (Å²) in [4.78, 5) is 28.5. The summed E-state index contributed by atoms with van der Waals surface area (Å²) in [6.07, 6.45) is 19.8. The van der Waals surface area contributed by atoms with E-state index in [2.05, 4.69) is 62.5 Å². The fraction of sp³-hybridized carbons (Fsp3) is 0.576. The number of aromatic amines is 1. The number of nitrogens with zero attached hydrogens (tertiary/aromatic N) is 3. The first-order valence-corrected chi connectivity index (χ1v) is 28.3. The predicted octanol–water partition coefficient (Wildman–Crippen LogP) is 12.6. The van der Waals surface area contributed by atoms with Crippen LogP contribution in [0.3, 0.4) is 0 Å². The number of aromatic nitrogens is 2. The van der Waals surface area contributed by atoms with E-state index in [0.717, 1.165) is 36.0 Å². The molecular formula is C59H85N4O10P.